The van der Waals surface area contributed by atoms with Gasteiger partial charge in [0, 0.05) is 19.1 Å². The summed E-state index contributed by atoms with van der Waals surface area (Å²) in [5.74, 6) is 0.435. The molecule has 0 radical (unpaired) electrons. The van der Waals surface area contributed by atoms with Gasteiger partial charge in [0.1, 0.15) is 10.7 Å². The van der Waals surface area contributed by atoms with Crippen LogP contribution in [0.1, 0.15) is 35.7 Å². The fourth-order valence-corrected chi connectivity index (χ4v) is 5.95. The number of aromatic nitrogens is 2. The van der Waals surface area contributed by atoms with Gasteiger partial charge in [0.05, 0.1) is 24.8 Å². The molecule has 33 heavy (non-hydrogen) atoms. The summed E-state index contributed by atoms with van der Waals surface area (Å²) < 4.78 is 19.6. The summed E-state index contributed by atoms with van der Waals surface area (Å²) in [5.41, 5.74) is 9.90. The van der Waals surface area contributed by atoms with Crippen molar-refractivity contribution in [1.82, 2.24) is 9.97 Å². The molecule has 6 nitrogen and oxygen atoms in total. The summed E-state index contributed by atoms with van der Waals surface area (Å²) in [6, 6.07) is 13.5. The van der Waals surface area contributed by atoms with Crippen LogP contribution in [0.25, 0.3) is 0 Å². The summed E-state index contributed by atoms with van der Waals surface area (Å²) in [5, 5.41) is 10.5. The first-order chi connectivity index (χ1) is 16.0. The molecule has 0 saturated carbocycles. The SMILES string of the molecule is COc1cccc(Sc2cnc(N3CCC4(CC3)Cc3ccccc3[C@H]4N)c(CO)n2)c1F. The van der Waals surface area contributed by atoms with Crippen molar-refractivity contribution in [2.75, 3.05) is 25.1 Å². The molecule has 0 unspecified atom stereocenters. The highest BCUT2D eigenvalue weighted by atomic mass is 32.2. The molecule has 1 spiro atoms. The lowest BCUT2D eigenvalue weighted by Gasteiger charge is -2.42. The van der Waals surface area contributed by atoms with E-state index in [4.69, 9.17) is 10.5 Å². The molecule has 1 aliphatic heterocycles. The third-order valence-corrected chi connectivity index (χ3v) is 7.90. The number of methoxy groups -OCH3 is 1. The van der Waals surface area contributed by atoms with Gasteiger partial charge < -0.3 is 20.5 Å². The Hall–Kier alpha value is -2.68. The number of rotatable bonds is 5. The molecule has 3 aromatic rings. The van der Waals surface area contributed by atoms with E-state index in [1.807, 2.05) is 0 Å². The Labute approximate surface area is 197 Å². The van der Waals surface area contributed by atoms with Gasteiger partial charge in [-0.25, -0.2) is 14.4 Å². The number of hydrogen-bond donors (Lipinski definition) is 2. The molecule has 5 rings (SSSR count). The van der Waals surface area contributed by atoms with Crippen LogP contribution in [0, 0.1) is 11.2 Å². The minimum atomic E-state index is -0.434. The van der Waals surface area contributed by atoms with Crippen LogP contribution in [-0.4, -0.2) is 35.3 Å². The van der Waals surface area contributed by atoms with Crippen LogP contribution in [0.2, 0.25) is 0 Å². The number of halogens is 1. The van der Waals surface area contributed by atoms with Crippen molar-refractivity contribution in [2.45, 2.75) is 41.8 Å². The van der Waals surface area contributed by atoms with Crippen LogP contribution in [0.15, 0.2) is 58.6 Å². The normalized spacial score (nSPS) is 19.0. The van der Waals surface area contributed by atoms with Crippen molar-refractivity contribution < 1.29 is 14.2 Å². The lowest BCUT2D eigenvalue weighted by Crippen LogP contribution is -2.45. The summed E-state index contributed by atoms with van der Waals surface area (Å²) in [6.07, 6.45) is 4.57. The molecule has 1 saturated heterocycles. The molecular weight excluding hydrogens is 439 g/mol. The predicted octanol–water partition coefficient (Wildman–Crippen LogP) is 4.11. The van der Waals surface area contributed by atoms with Crippen molar-refractivity contribution in [3.05, 3.63) is 71.3 Å². The van der Waals surface area contributed by atoms with Crippen molar-refractivity contribution in [2.24, 2.45) is 11.1 Å². The van der Waals surface area contributed by atoms with Crippen LogP contribution in [0.4, 0.5) is 10.2 Å². The Bertz CT molecular complexity index is 1170. The molecule has 8 heteroatoms. The molecule has 3 N–H and O–H groups in total. The first-order valence-electron chi connectivity index (χ1n) is 11.1. The first-order valence-corrected chi connectivity index (χ1v) is 11.9. The van der Waals surface area contributed by atoms with Gasteiger partial charge in [-0.2, -0.15) is 0 Å². The lowest BCUT2D eigenvalue weighted by molar-refractivity contribution is 0.186. The molecule has 2 aromatic carbocycles. The van der Waals surface area contributed by atoms with Gasteiger partial charge in [0.15, 0.2) is 17.4 Å². The first kappa shape index (κ1) is 22.1. The van der Waals surface area contributed by atoms with Crippen LogP contribution < -0.4 is 15.4 Å². The standard InChI is InChI=1S/C25H27FN4O2S/c1-32-19-7-4-8-20(22(19)26)33-21-14-28-24(18(15-31)29-21)30-11-9-25(10-12-30)13-16-5-2-3-6-17(16)23(25)27/h2-8,14,23,31H,9-13,15,27H2,1H3/t23-/m1/s1. The summed E-state index contributed by atoms with van der Waals surface area (Å²) >= 11 is 1.16. The fraction of sp³-hybridized carbons (Fsp3) is 0.360. The third kappa shape index (κ3) is 3.96. The predicted molar refractivity (Wildman–Crippen MR) is 126 cm³/mol. The number of nitrogens with zero attached hydrogens (tertiary/aromatic N) is 3. The average Bonchev–Trinajstić information content (AvgIpc) is 3.12. The number of fused-ring (bicyclic) bond motifs is 1. The Morgan fingerprint density at radius 2 is 2.00 bits per heavy atom. The second-order valence-corrected chi connectivity index (χ2v) is 9.78. The number of piperidine rings is 1. The number of anilines is 1. The average molecular weight is 467 g/mol. The molecule has 0 bridgehead atoms. The van der Waals surface area contributed by atoms with E-state index in [2.05, 4.69) is 39.1 Å². The lowest BCUT2D eigenvalue weighted by atomic mass is 9.73. The van der Waals surface area contributed by atoms with Gasteiger partial charge in [-0.1, -0.05) is 42.1 Å². The molecule has 172 valence electrons. The highest BCUT2D eigenvalue weighted by molar-refractivity contribution is 7.99. The molecular formula is C25H27FN4O2S. The van der Waals surface area contributed by atoms with Crippen molar-refractivity contribution >= 4 is 17.6 Å². The van der Waals surface area contributed by atoms with Gasteiger partial charge in [-0.15, -0.1) is 0 Å². The van der Waals surface area contributed by atoms with Crippen LogP contribution in [0.3, 0.4) is 0 Å². The maximum absolute atomic E-state index is 14.5. The molecule has 1 atom stereocenters. The Balaban J connectivity index is 1.32. The maximum Gasteiger partial charge on any atom is 0.178 e. The van der Waals surface area contributed by atoms with E-state index < -0.39 is 5.82 Å². The van der Waals surface area contributed by atoms with E-state index in [1.54, 1.807) is 24.4 Å². The highest BCUT2D eigenvalue weighted by Crippen LogP contribution is 2.51. The van der Waals surface area contributed by atoms with Crippen LogP contribution in [0.5, 0.6) is 5.75 Å². The monoisotopic (exact) mass is 466 g/mol. The van der Waals surface area contributed by atoms with Gasteiger partial charge >= 0.3 is 0 Å². The van der Waals surface area contributed by atoms with Gasteiger partial charge in [0.2, 0.25) is 0 Å². The minimum Gasteiger partial charge on any atom is -0.494 e. The molecule has 2 aliphatic rings. The van der Waals surface area contributed by atoms with E-state index in [-0.39, 0.29) is 23.8 Å². The third-order valence-electron chi connectivity index (χ3n) is 6.96. The van der Waals surface area contributed by atoms with Crippen LogP contribution >= 0.6 is 11.8 Å². The molecule has 1 aliphatic carbocycles. The fourth-order valence-electron chi connectivity index (χ4n) is 5.13. The molecule has 1 fully saturated rings. The number of benzene rings is 2. The second kappa shape index (κ2) is 8.93. The van der Waals surface area contributed by atoms with Gasteiger partial charge in [0.25, 0.3) is 0 Å². The molecule has 1 aromatic heterocycles. The number of hydrogen-bond acceptors (Lipinski definition) is 7. The highest BCUT2D eigenvalue weighted by Gasteiger charge is 2.46. The number of aliphatic hydroxyl groups excluding tert-OH is 1. The summed E-state index contributed by atoms with van der Waals surface area (Å²) in [7, 11) is 1.44. The molecule has 0 amide bonds. The zero-order valence-electron chi connectivity index (χ0n) is 18.5. The Kier molecular flexibility index (Phi) is 5.99. The van der Waals surface area contributed by atoms with E-state index in [9.17, 15) is 9.50 Å². The Morgan fingerprint density at radius 1 is 1.21 bits per heavy atom. The Morgan fingerprint density at radius 3 is 2.73 bits per heavy atom. The summed E-state index contributed by atoms with van der Waals surface area (Å²) in [4.78, 5) is 11.8. The van der Waals surface area contributed by atoms with Gasteiger partial charge in [-0.3, -0.25) is 0 Å². The van der Waals surface area contributed by atoms with E-state index in [0.717, 1.165) is 44.1 Å². The van der Waals surface area contributed by atoms with Crippen molar-refractivity contribution in [3.63, 3.8) is 0 Å². The number of ether oxygens (including phenoxy) is 1. The van der Waals surface area contributed by atoms with Crippen molar-refractivity contribution in [3.8, 4) is 5.75 Å². The number of nitrogens with two attached hydrogens (primary N) is 1. The molecule has 2 heterocycles. The zero-order chi connectivity index (χ0) is 23.0. The summed E-state index contributed by atoms with van der Waals surface area (Å²) in [6.45, 7) is 1.38. The smallest absolute Gasteiger partial charge is 0.178 e. The largest absolute Gasteiger partial charge is 0.494 e. The van der Waals surface area contributed by atoms with E-state index in [1.165, 1.54) is 18.2 Å². The van der Waals surface area contributed by atoms with E-state index in [0.29, 0.717) is 21.4 Å². The van der Waals surface area contributed by atoms with Crippen LogP contribution in [-0.2, 0) is 13.0 Å². The zero-order valence-corrected chi connectivity index (χ0v) is 19.3. The maximum atomic E-state index is 14.5. The van der Waals surface area contributed by atoms with Crippen molar-refractivity contribution in [1.29, 1.82) is 0 Å². The van der Waals surface area contributed by atoms with Gasteiger partial charge in [-0.05, 0) is 47.9 Å². The number of aliphatic hydroxyl groups is 1. The minimum absolute atomic E-state index is 0.0517. The quantitative estimate of drug-likeness (QED) is 0.585. The topological polar surface area (TPSA) is 84.5 Å². The van der Waals surface area contributed by atoms with E-state index >= 15 is 0 Å². The second-order valence-electron chi connectivity index (χ2n) is 8.71.